The summed E-state index contributed by atoms with van der Waals surface area (Å²) in [6, 6.07) is 8.23. The lowest BCUT2D eigenvalue weighted by molar-refractivity contribution is -0.123. The van der Waals surface area contributed by atoms with Crippen molar-refractivity contribution in [1.82, 2.24) is 10.2 Å². The van der Waals surface area contributed by atoms with Gasteiger partial charge in [-0.2, -0.15) is 0 Å². The summed E-state index contributed by atoms with van der Waals surface area (Å²) >= 11 is 0. The van der Waals surface area contributed by atoms with Gasteiger partial charge in [0, 0.05) is 44.3 Å². The summed E-state index contributed by atoms with van der Waals surface area (Å²) < 4.78 is 0. The van der Waals surface area contributed by atoms with Crippen LogP contribution >= 0.6 is 0 Å². The van der Waals surface area contributed by atoms with E-state index in [1.165, 1.54) is 6.42 Å². The molecule has 5 nitrogen and oxygen atoms in total. The number of piperidine rings is 2. The molecule has 2 heterocycles. The Hall–Kier alpha value is -2.04. The molecule has 5 heteroatoms. The lowest BCUT2D eigenvalue weighted by Crippen LogP contribution is -2.46. The average Bonchev–Trinajstić information content (AvgIpc) is 2.67. The van der Waals surface area contributed by atoms with E-state index >= 15 is 0 Å². The molecule has 0 atom stereocenters. The SMILES string of the molecule is CC(C)(C)CC(=O)NC1CCN(c2ccccc2C(=O)N2CCCCC2)CC1. The third-order valence-electron chi connectivity index (χ3n) is 5.67. The molecule has 2 aliphatic rings. The maximum atomic E-state index is 13.0. The summed E-state index contributed by atoms with van der Waals surface area (Å²) in [5.74, 6) is 0.308. The maximum absolute atomic E-state index is 13.0. The predicted molar refractivity (Wildman–Crippen MR) is 114 cm³/mol. The van der Waals surface area contributed by atoms with E-state index in [1.54, 1.807) is 0 Å². The fourth-order valence-electron chi connectivity index (χ4n) is 4.22. The molecule has 0 saturated carbocycles. The van der Waals surface area contributed by atoms with Crippen molar-refractivity contribution in [3.05, 3.63) is 29.8 Å². The van der Waals surface area contributed by atoms with Crippen LogP contribution in [0, 0.1) is 5.41 Å². The molecule has 0 spiro atoms. The lowest BCUT2D eigenvalue weighted by Gasteiger charge is -2.36. The number of anilines is 1. The molecule has 0 aromatic heterocycles. The second-order valence-electron chi connectivity index (χ2n) is 9.44. The lowest BCUT2D eigenvalue weighted by atomic mass is 9.91. The summed E-state index contributed by atoms with van der Waals surface area (Å²) in [5.41, 5.74) is 1.87. The molecule has 2 saturated heterocycles. The molecule has 2 amide bonds. The second kappa shape index (κ2) is 8.97. The Bertz CT molecular complexity index is 681. The van der Waals surface area contributed by atoms with Gasteiger partial charge in [-0.1, -0.05) is 32.9 Å². The maximum Gasteiger partial charge on any atom is 0.255 e. The summed E-state index contributed by atoms with van der Waals surface area (Å²) in [4.78, 5) is 29.6. The van der Waals surface area contributed by atoms with Gasteiger partial charge in [-0.3, -0.25) is 9.59 Å². The molecule has 1 aromatic carbocycles. The highest BCUT2D eigenvalue weighted by Gasteiger charge is 2.27. The van der Waals surface area contributed by atoms with Crippen molar-refractivity contribution >= 4 is 17.5 Å². The van der Waals surface area contributed by atoms with Crippen LogP contribution in [0.3, 0.4) is 0 Å². The van der Waals surface area contributed by atoms with Gasteiger partial charge in [-0.25, -0.2) is 0 Å². The first-order valence-electron chi connectivity index (χ1n) is 10.8. The molecule has 154 valence electrons. The number of nitrogens with zero attached hydrogens (tertiary/aromatic N) is 2. The minimum absolute atomic E-state index is 0.0124. The first-order chi connectivity index (χ1) is 13.3. The van der Waals surface area contributed by atoms with Crippen LogP contribution in [-0.4, -0.2) is 48.9 Å². The van der Waals surface area contributed by atoms with E-state index in [9.17, 15) is 9.59 Å². The van der Waals surface area contributed by atoms with E-state index in [4.69, 9.17) is 0 Å². The normalized spacial score (nSPS) is 18.8. The molecule has 0 aliphatic carbocycles. The van der Waals surface area contributed by atoms with Gasteiger partial charge in [-0.05, 0) is 49.7 Å². The van der Waals surface area contributed by atoms with Gasteiger partial charge in [0.25, 0.3) is 5.91 Å². The molecule has 1 N–H and O–H groups in total. The molecule has 0 unspecified atom stereocenters. The first-order valence-corrected chi connectivity index (χ1v) is 10.8. The fourth-order valence-corrected chi connectivity index (χ4v) is 4.22. The van der Waals surface area contributed by atoms with E-state index < -0.39 is 0 Å². The molecule has 1 aromatic rings. The monoisotopic (exact) mass is 385 g/mol. The minimum Gasteiger partial charge on any atom is -0.371 e. The smallest absolute Gasteiger partial charge is 0.255 e. The molecule has 0 bridgehead atoms. The number of rotatable bonds is 4. The van der Waals surface area contributed by atoms with Crippen LogP contribution in [0.25, 0.3) is 0 Å². The highest BCUT2D eigenvalue weighted by atomic mass is 16.2. The van der Waals surface area contributed by atoms with E-state index in [0.29, 0.717) is 6.42 Å². The van der Waals surface area contributed by atoms with Crippen LogP contribution in [0.4, 0.5) is 5.69 Å². The van der Waals surface area contributed by atoms with Gasteiger partial charge in [-0.15, -0.1) is 0 Å². The molecular weight excluding hydrogens is 350 g/mol. The van der Waals surface area contributed by atoms with Gasteiger partial charge in [0.05, 0.1) is 5.56 Å². The van der Waals surface area contributed by atoms with Crippen LogP contribution < -0.4 is 10.2 Å². The van der Waals surface area contributed by atoms with Crippen LogP contribution in [0.1, 0.15) is 69.7 Å². The Balaban J connectivity index is 1.60. The van der Waals surface area contributed by atoms with Crippen LogP contribution in [-0.2, 0) is 4.79 Å². The topological polar surface area (TPSA) is 52.7 Å². The Kier molecular flexibility index (Phi) is 6.63. The van der Waals surface area contributed by atoms with Gasteiger partial charge in [0.1, 0.15) is 0 Å². The van der Waals surface area contributed by atoms with Crippen molar-refractivity contribution in [3.63, 3.8) is 0 Å². The Morgan fingerprint density at radius 2 is 1.64 bits per heavy atom. The van der Waals surface area contributed by atoms with Crippen molar-refractivity contribution in [1.29, 1.82) is 0 Å². The summed E-state index contributed by atoms with van der Waals surface area (Å²) in [6.45, 7) is 9.74. The minimum atomic E-state index is 0.0124. The Morgan fingerprint density at radius 1 is 1.00 bits per heavy atom. The Labute approximate surface area is 169 Å². The fraction of sp³-hybridized carbons (Fsp3) is 0.652. The molecule has 0 radical (unpaired) electrons. The van der Waals surface area contributed by atoms with Gasteiger partial charge >= 0.3 is 0 Å². The van der Waals surface area contributed by atoms with Crippen LogP contribution in [0.2, 0.25) is 0 Å². The van der Waals surface area contributed by atoms with Crippen LogP contribution in [0.5, 0.6) is 0 Å². The number of likely N-dealkylation sites (tertiary alicyclic amines) is 1. The predicted octanol–water partition coefficient (Wildman–Crippen LogP) is 3.83. The summed E-state index contributed by atoms with van der Waals surface area (Å²) in [6.07, 6.45) is 5.83. The highest BCUT2D eigenvalue weighted by Crippen LogP contribution is 2.27. The van der Waals surface area contributed by atoms with Gasteiger partial charge < -0.3 is 15.1 Å². The summed E-state index contributed by atoms with van der Waals surface area (Å²) in [7, 11) is 0. The Morgan fingerprint density at radius 3 is 2.29 bits per heavy atom. The van der Waals surface area contributed by atoms with E-state index in [-0.39, 0.29) is 23.3 Å². The van der Waals surface area contributed by atoms with Crippen molar-refractivity contribution in [2.24, 2.45) is 5.41 Å². The van der Waals surface area contributed by atoms with Crippen LogP contribution in [0.15, 0.2) is 24.3 Å². The van der Waals surface area contributed by atoms with E-state index in [2.05, 4.69) is 37.1 Å². The number of carbonyl (C=O) groups is 2. The number of benzene rings is 1. The van der Waals surface area contributed by atoms with Crippen molar-refractivity contribution < 1.29 is 9.59 Å². The third kappa shape index (κ3) is 5.49. The van der Waals surface area contributed by atoms with E-state index in [1.807, 2.05) is 23.1 Å². The van der Waals surface area contributed by atoms with Crippen molar-refractivity contribution in [2.75, 3.05) is 31.1 Å². The zero-order chi connectivity index (χ0) is 20.1. The molecule has 28 heavy (non-hydrogen) atoms. The van der Waals surface area contributed by atoms with Crippen molar-refractivity contribution in [3.8, 4) is 0 Å². The number of nitrogens with one attached hydrogen (secondary N) is 1. The van der Waals surface area contributed by atoms with Crippen molar-refractivity contribution in [2.45, 2.75) is 65.3 Å². The second-order valence-corrected chi connectivity index (χ2v) is 9.44. The zero-order valence-electron chi connectivity index (χ0n) is 17.7. The zero-order valence-corrected chi connectivity index (χ0v) is 17.7. The summed E-state index contributed by atoms with van der Waals surface area (Å²) in [5, 5.41) is 3.20. The number of hydrogen-bond acceptors (Lipinski definition) is 3. The first kappa shape index (κ1) is 20.7. The molecule has 2 aliphatic heterocycles. The number of para-hydroxylation sites is 1. The third-order valence-corrected chi connectivity index (χ3v) is 5.67. The quantitative estimate of drug-likeness (QED) is 0.857. The standard InChI is InChI=1S/C23H35N3O2/c1-23(2,3)17-21(27)24-18-11-15-25(16-12-18)20-10-6-5-9-19(20)22(28)26-13-7-4-8-14-26/h5-6,9-10,18H,4,7-8,11-17H2,1-3H3,(H,24,27). The highest BCUT2D eigenvalue weighted by molar-refractivity contribution is 5.99. The number of hydrogen-bond donors (Lipinski definition) is 1. The molecule has 3 rings (SSSR count). The molecule has 2 fully saturated rings. The van der Waals surface area contributed by atoms with Gasteiger partial charge in [0.15, 0.2) is 0 Å². The number of amides is 2. The molecular formula is C23H35N3O2. The number of carbonyl (C=O) groups excluding carboxylic acids is 2. The van der Waals surface area contributed by atoms with Gasteiger partial charge in [0.2, 0.25) is 5.91 Å². The largest absolute Gasteiger partial charge is 0.371 e. The van der Waals surface area contributed by atoms with E-state index in [0.717, 1.165) is 63.1 Å². The average molecular weight is 386 g/mol.